The van der Waals surface area contributed by atoms with Gasteiger partial charge in [-0.1, -0.05) is 24.3 Å². The van der Waals surface area contributed by atoms with Gasteiger partial charge in [0, 0.05) is 16.3 Å². The average molecular weight is 417 g/mol. The van der Waals surface area contributed by atoms with Crippen LogP contribution in [0.3, 0.4) is 0 Å². The van der Waals surface area contributed by atoms with E-state index in [0.717, 1.165) is 24.1 Å². The highest BCUT2D eigenvalue weighted by atomic mass is 32.1. The summed E-state index contributed by atoms with van der Waals surface area (Å²) in [7, 11) is 0. The van der Waals surface area contributed by atoms with Crippen molar-refractivity contribution in [2.45, 2.75) is 32.2 Å². The van der Waals surface area contributed by atoms with Crippen molar-refractivity contribution in [1.29, 1.82) is 0 Å². The van der Waals surface area contributed by atoms with E-state index in [1.807, 2.05) is 11.4 Å². The van der Waals surface area contributed by atoms with Crippen LogP contribution < -0.4 is 10.7 Å². The van der Waals surface area contributed by atoms with E-state index in [4.69, 9.17) is 0 Å². The third-order valence-electron chi connectivity index (χ3n) is 5.45. The molecule has 30 heavy (non-hydrogen) atoms. The number of rotatable bonds is 4. The Morgan fingerprint density at radius 3 is 2.83 bits per heavy atom. The van der Waals surface area contributed by atoms with E-state index in [2.05, 4.69) is 33.6 Å². The molecule has 0 spiro atoms. The first-order valence-electron chi connectivity index (χ1n) is 10.00. The molecule has 0 bridgehead atoms. The summed E-state index contributed by atoms with van der Waals surface area (Å²) in [4.78, 5) is 29.1. The van der Waals surface area contributed by atoms with Crippen molar-refractivity contribution in [2.75, 3.05) is 5.32 Å². The van der Waals surface area contributed by atoms with Crippen molar-refractivity contribution in [3.05, 3.63) is 75.4 Å². The molecule has 0 unspecified atom stereocenters. The quantitative estimate of drug-likeness (QED) is 0.545. The smallest absolute Gasteiger partial charge is 0.247 e. The molecular weight excluding hydrogens is 396 g/mol. The zero-order valence-corrected chi connectivity index (χ0v) is 17.1. The number of thiazole rings is 1. The van der Waals surface area contributed by atoms with Gasteiger partial charge in [0.1, 0.15) is 6.54 Å². The Morgan fingerprint density at radius 1 is 1.10 bits per heavy atom. The Morgan fingerprint density at radius 2 is 1.93 bits per heavy atom. The molecule has 5 rings (SSSR count). The molecule has 2 heterocycles. The molecule has 1 amide bonds. The van der Waals surface area contributed by atoms with Crippen molar-refractivity contribution in [1.82, 2.24) is 14.8 Å². The summed E-state index contributed by atoms with van der Waals surface area (Å²) in [6.07, 6.45) is 6.02. The maximum atomic E-state index is 12.6. The SMILES string of the molecule is O=C(Cn1ncc(=O)c2ccccc21)Nc1nc(-c2ccc3c(c2)CCCC3)cs1. The fourth-order valence-electron chi connectivity index (χ4n) is 3.94. The number of anilines is 1. The minimum absolute atomic E-state index is 0.00848. The Bertz CT molecular complexity index is 1310. The molecule has 2 aromatic heterocycles. The predicted octanol–water partition coefficient (Wildman–Crippen LogP) is 4.04. The zero-order chi connectivity index (χ0) is 20.5. The Kier molecular flexibility index (Phi) is 4.88. The molecular formula is C23H20N4O2S. The molecule has 0 saturated heterocycles. The standard InChI is InChI=1S/C23H20N4O2S/c28-21-12-24-27(20-8-4-3-7-18(20)21)13-22(29)26-23-25-19(14-30-23)17-10-9-15-5-1-2-6-16(15)11-17/h3-4,7-12,14H,1-2,5-6,13H2,(H,25,26,29). The second-order valence-electron chi connectivity index (χ2n) is 7.46. The van der Waals surface area contributed by atoms with E-state index in [1.165, 1.54) is 46.2 Å². The topological polar surface area (TPSA) is 76.9 Å². The van der Waals surface area contributed by atoms with Gasteiger partial charge in [-0.05, 0) is 55.0 Å². The van der Waals surface area contributed by atoms with Crippen LogP contribution in [0.15, 0.2) is 58.8 Å². The van der Waals surface area contributed by atoms with Crippen LogP contribution in [0.2, 0.25) is 0 Å². The second-order valence-corrected chi connectivity index (χ2v) is 8.32. The molecule has 1 aliphatic rings. The number of carbonyl (C=O) groups excluding carboxylic acids is 1. The molecule has 6 nitrogen and oxygen atoms in total. The third kappa shape index (κ3) is 3.64. The van der Waals surface area contributed by atoms with Crippen molar-refractivity contribution in [2.24, 2.45) is 0 Å². The summed E-state index contributed by atoms with van der Waals surface area (Å²) < 4.78 is 1.53. The van der Waals surface area contributed by atoms with Crippen LogP contribution in [0.4, 0.5) is 5.13 Å². The van der Waals surface area contributed by atoms with Gasteiger partial charge in [-0.2, -0.15) is 5.10 Å². The molecule has 0 radical (unpaired) electrons. The molecule has 0 fully saturated rings. The number of para-hydroxylation sites is 1. The van der Waals surface area contributed by atoms with Crippen molar-refractivity contribution in [3.63, 3.8) is 0 Å². The second kappa shape index (κ2) is 7.84. The summed E-state index contributed by atoms with van der Waals surface area (Å²) in [5.41, 5.74) is 5.28. The lowest BCUT2D eigenvalue weighted by Crippen LogP contribution is -2.22. The lowest BCUT2D eigenvalue weighted by molar-refractivity contribution is -0.116. The van der Waals surface area contributed by atoms with Crippen LogP contribution in [0, 0.1) is 0 Å². The average Bonchev–Trinajstić information content (AvgIpc) is 3.24. The van der Waals surface area contributed by atoms with Crippen molar-refractivity contribution in [3.8, 4) is 11.3 Å². The largest absolute Gasteiger partial charge is 0.300 e. The summed E-state index contributed by atoms with van der Waals surface area (Å²) in [6.45, 7) is 0.00848. The summed E-state index contributed by atoms with van der Waals surface area (Å²) >= 11 is 1.40. The van der Waals surface area contributed by atoms with Crippen LogP contribution in [0.5, 0.6) is 0 Å². The van der Waals surface area contributed by atoms with Crippen molar-refractivity contribution < 1.29 is 4.79 Å². The highest BCUT2D eigenvalue weighted by molar-refractivity contribution is 7.14. The van der Waals surface area contributed by atoms with Gasteiger partial charge in [-0.3, -0.25) is 14.3 Å². The van der Waals surface area contributed by atoms with Crippen LogP contribution in [0.25, 0.3) is 22.2 Å². The van der Waals surface area contributed by atoms with E-state index in [1.54, 1.807) is 18.2 Å². The third-order valence-corrected chi connectivity index (χ3v) is 6.21. The number of fused-ring (bicyclic) bond motifs is 2. The number of carbonyl (C=O) groups is 1. The van der Waals surface area contributed by atoms with Gasteiger partial charge in [0.25, 0.3) is 0 Å². The van der Waals surface area contributed by atoms with Gasteiger partial charge in [0.05, 0.1) is 17.4 Å². The van der Waals surface area contributed by atoms with E-state index in [-0.39, 0.29) is 17.9 Å². The van der Waals surface area contributed by atoms with E-state index in [9.17, 15) is 9.59 Å². The summed E-state index contributed by atoms with van der Waals surface area (Å²) in [6, 6.07) is 13.7. The van der Waals surface area contributed by atoms with Crippen LogP contribution in [0.1, 0.15) is 24.0 Å². The number of aryl methyl sites for hydroxylation is 2. The van der Waals surface area contributed by atoms with Gasteiger partial charge in [0.15, 0.2) is 5.13 Å². The number of hydrogen-bond donors (Lipinski definition) is 1. The normalized spacial score (nSPS) is 13.2. The lowest BCUT2D eigenvalue weighted by atomic mass is 9.90. The van der Waals surface area contributed by atoms with Gasteiger partial charge >= 0.3 is 0 Å². The van der Waals surface area contributed by atoms with E-state index in [0.29, 0.717) is 16.0 Å². The fraction of sp³-hybridized carbons (Fsp3) is 0.217. The van der Waals surface area contributed by atoms with Gasteiger partial charge < -0.3 is 5.32 Å². The number of benzene rings is 2. The zero-order valence-electron chi connectivity index (χ0n) is 16.3. The highest BCUT2D eigenvalue weighted by Crippen LogP contribution is 2.29. The fourth-order valence-corrected chi connectivity index (χ4v) is 4.67. The number of nitrogens with zero attached hydrogens (tertiary/aromatic N) is 3. The minimum atomic E-state index is -0.234. The molecule has 2 aromatic carbocycles. The molecule has 0 atom stereocenters. The number of aromatic nitrogens is 3. The minimum Gasteiger partial charge on any atom is -0.300 e. The first kappa shape index (κ1) is 18.7. The molecule has 1 N–H and O–H groups in total. The molecule has 7 heteroatoms. The first-order chi connectivity index (χ1) is 14.7. The van der Waals surface area contributed by atoms with Crippen molar-refractivity contribution >= 4 is 33.3 Å². The van der Waals surface area contributed by atoms with Crippen LogP contribution in [-0.2, 0) is 24.2 Å². The molecule has 1 aliphatic carbocycles. The van der Waals surface area contributed by atoms with E-state index >= 15 is 0 Å². The molecule has 0 aliphatic heterocycles. The highest BCUT2D eigenvalue weighted by Gasteiger charge is 2.14. The summed E-state index contributed by atoms with van der Waals surface area (Å²) in [5.74, 6) is -0.234. The number of hydrogen-bond acceptors (Lipinski definition) is 5. The lowest BCUT2D eigenvalue weighted by Gasteiger charge is -2.16. The molecule has 4 aromatic rings. The van der Waals surface area contributed by atoms with E-state index < -0.39 is 0 Å². The number of nitrogens with one attached hydrogen (secondary N) is 1. The Labute approximate surface area is 177 Å². The Balaban J connectivity index is 1.33. The summed E-state index contributed by atoms with van der Waals surface area (Å²) in [5, 5.41) is 10.0. The van der Waals surface area contributed by atoms with Crippen LogP contribution >= 0.6 is 11.3 Å². The van der Waals surface area contributed by atoms with Gasteiger partial charge in [-0.25, -0.2) is 4.98 Å². The maximum absolute atomic E-state index is 12.6. The predicted molar refractivity (Wildman–Crippen MR) is 119 cm³/mol. The maximum Gasteiger partial charge on any atom is 0.247 e. The van der Waals surface area contributed by atoms with Crippen LogP contribution in [-0.4, -0.2) is 20.7 Å². The van der Waals surface area contributed by atoms with Gasteiger partial charge in [0.2, 0.25) is 11.3 Å². The van der Waals surface area contributed by atoms with Gasteiger partial charge in [-0.15, -0.1) is 11.3 Å². The molecule has 150 valence electrons. The molecule has 0 saturated carbocycles. The number of amides is 1. The monoisotopic (exact) mass is 416 g/mol. The first-order valence-corrected chi connectivity index (χ1v) is 10.9. The Hall–Kier alpha value is -3.32.